The monoisotopic (exact) mass is 419 g/mol. The number of carbonyl (C=O) groups is 1. The lowest BCUT2D eigenvalue weighted by Crippen LogP contribution is -2.35. The van der Waals surface area contributed by atoms with Crippen molar-refractivity contribution in [2.24, 2.45) is 5.14 Å². The zero-order chi connectivity index (χ0) is 20.5. The SMILES string of the molecule is CC(Cc1ccc(S(N)(=O)=O)cc1)(C(=O)O)c1[nH]nc(-c2ccccc2)c1Cl. The maximum absolute atomic E-state index is 12.1. The number of nitrogens with zero attached hydrogens (tertiary/aromatic N) is 1. The van der Waals surface area contributed by atoms with E-state index in [9.17, 15) is 18.3 Å². The Labute approximate surface area is 167 Å². The van der Waals surface area contributed by atoms with Crippen molar-refractivity contribution in [3.8, 4) is 11.3 Å². The second kappa shape index (κ2) is 7.38. The van der Waals surface area contributed by atoms with Gasteiger partial charge in [0.1, 0.15) is 11.1 Å². The number of sulfonamides is 1. The Morgan fingerprint density at radius 3 is 2.32 bits per heavy atom. The summed E-state index contributed by atoms with van der Waals surface area (Å²) in [7, 11) is -3.82. The minimum absolute atomic E-state index is 0.0424. The van der Waals surface area contributed by atoms with Gasteiger partial charge in [-0.2, -0.15) is 5.10 Å². The molecule has 3 aromatic rings. The van der Waals surface area contributed by atoms with Crippen LogP contribution >= 0.6 is 11.6 Å². The van der Waals surface area contributed by atoms with Crippen LogP contribution in [0.2, 0.25) is 5.02 Å². The number of carboxylic acid groups (broad SMARTS) is 1. The minimum atomic E-state index is -3.82. The molecular formula is C19H18ClN3O4S. The molecule has 0 aliphatic heterocycles. The number of hydrogen-bond acceptors (Lipinski definition) is 4. The van der Waals surface area contributed by atoms with E-state index in [1.54, 1.807) is 0 Å². The van der Waals surface area contributed by atoms with Crippen molar-refractivity contribution >= 4 is 27.6 Å². The first kappa shape index (κ1) is 20.1. The minimum Gasteiger partial charge on any atom is -0.481 e. The largest absolute Gasteiger partial charge is 0.481 e. The number of hydrogen-bond donors (Lipinski definition) is 3. The fourth-order valence-corrected chi connectivity index (χ4v) is 3.88. The second-order valence-corrected chi connectivity index (χ2v) is 8.57. The summed E-state index contributed by atoms with van der Waals surface area (Å²) in [5.41, 5.74) is 0.718. The fourth-order valence-electron chi connectivity index (χ4n) is 2.96. The maximum Gasteiger partial charge on any atom is 0.315 e. The van der Waals surface area contributed by atoms with E-state index in [1.165, 1.54) is 31.2 Å². The molecule has 0 radical (unpaired) electrons. The molecule has 0 bridgehead atoms. The highest BCUT2D eigenvalue weighted by Crippen LogP contribution is 2.37. The van der Waals surface area contributed by atoms with E-state index in [0.717, 1.165) is 5.56 Å². The number of aromatic nitrogens is 2. The molecule has 28 heavy (non-hydrogen) atoms. The molecule has 1 aromatic heterocycles. The van der Waals surface area contributed by atoms with Crippen LogP contribution in [0.15, 0.2) is 59.5 Å². The molecule has 0 fully saturated rings. The highest BCUT2D eigenvalue weighted by molar-refractivity contribution is 7.89. The van der Waals surface area contributed by atoms with Crippen LogP contribution in [0.5, 0.6) is 0 Å². The summed E-state index contributed by atoms with van der Waals surface area (Å²) in [6.45, 7) is 1.54. The number of H-pyrrole nitrogens is 1. The van der Waals surface area contributed by atoms with E-state index in [0.29, 0.717) is 11.3 Å². The Bertz CT molecular complexity index is 1110. The van der Waals surface area contributed by atoms with E-state index < -0.39 is 21.4 Å². The molecule has 1 heterocycles. The van der Waals surface area contributed by atoms with Crippen LogP contribution in [0, 0.1) is 0 Å². The van der Waals surface area contributed by atoms with Crippen molar-refractivity contribution in [3.05, 3.63) is 70.9 Å². The Hall–Kier alpha value is -2.68. The number of primary sulfonamides is 1. The highest BCUT2D eigenvalue weighted by Gasteiger charge is 2.40. The maximum atomic E-state index is 12.1. The van der Waals surface area contributed by atoms with Gasteiger partial charge in [-0.1, -0.05) is 54.1 Å². The molecule has 2 aromatic carbocycles. The first-order chi connectivity index (χ1) is 13.1. The molecule has 3 rings (SSSR count). The summed E-state index contributed by atoms with van der Waals surface area (Å²) >= 11 is 6.49. The molecular weight excluding hydrogens is 402 g/mol. The highest BCUT2D eigenvalue weighted by atomic mass is 35.5. The number of aromatic amines is 1. The van der Waals surface area contributed by atoms with Crippen molar-refractivity contribution in [3.63, 3.8) is 0 Å². The van der Waals surface area contributed by atoms with Crippen LogP contribution in [-0.2, 0) is 26.7 Å². The first-order valence-electron chi connectivity index (χ1n) is 8.28. The van der Waals surface area contributed by atoms with Crippen molar-refractivity contribution in [2.45, 2.75) is 23.7 Å². The van der Waals surface area contributed by atoms with Crippen molar-refractivity contribution < 1.29 is 18.3 Å². The zero-order valence-corrected chi connectivity index (χ0v) is 16.5. The molecule has 0 spiro atoms. The van der Waals surface area contributed by atoms with Crippen LogP contribution in [0.3, 0.4) is 0 Å². The van der Waals surface area contributed by atoms with Crippen LogP contribution in [0.4, 0.5) is 0 Å². The van der Waals surface area contributed by atoms with Gasteiger partial charge < -0.3 is 5.11 Å². The lowest BCUT2D eigenvalue weighted by molar-refractivity contribution is -0.143. The average Bonchev–Trinajstić information content (AvgIpc) is 3.04. The van der Waals surface area contributed by atoms with Crippen LogP contribution in [0.1, 0.15) is 18.2 Å². The Morgan fingerprint density at radius 1 is 1.18 bits per heavy atom. The van der Waals surface area contributed by atoms with Gasteiger partial charge in [0.2, 0.25) is 10.0 Å². The molecule has 1 atom stereocenters. The summed E-state index contributed by atoms with van der Waals surface area (Å²) in [4.78, 5) is 12.1. The van der Waals surface area contributed by atoms with Gasteiger partial charge in [-0.05, 0) is 31.0 Å². The van der Waals surface area contributed by atoms with Crippen molar-refractivity contribution in [1.29, 1.82) is 0 Å². The summed E-state index contributed by atoms with van der Waals surface area (Å²) in [5, 5.41) is 22.2. The van der Waals surface area contributed by atoms with Gasteiger partial charge in [0.05, 0.1) is 15.6 Å². The molecule has 0 aliphatic carbocycles. The van der Waals surface area contributed by atoms with E-state index in [4.69, 9.17) is 16.7 Å². The van der Waals surface area contributed by atoms with Gasteiger partial charge in [-0.3, -0.25) is 9.89 Å². The van der Waals surface area contributed by atoms with Crippen LogP contribution < -0.4 is 5.14 Å². The molecule has 0 amide bonds. The molecule has 0 saturated heterocycles. The Morgan fingerprint density at radius 2 is 1.79 bits per heavy atom. The normalized spacial score (nSPS) is 13.8. The molecule has 1 unspecified atom stereocenters. The average molecular weight is 420 g/mol. The topological polar surface area (TPSA) is 126 Å². The number of benzene rings is 2. The Balaban J connectivity index is 1.99. The number of nitrogens with two attached hydrogens (primary N) is 1. The molecule has 7 nitrogen and oxygen atoms in total. The summed E-state index contributed by atoms with van der Waals surface area (Å²) in [6.07, 6.45) is 0.0728. The predicted octanol–water partition coefficient (Wildman–Crippen LogP) is 2.96. The van der Waals surface area contributed by atoms with Gasteiger partial charge in [0.15, 0.2) is 0 Å². The number of aliphatic carboxylic acids is 1. The van der Waals surface area contributed by atoms with Gasteiger partial charge in [-0.25, -0.2) is 13.6 Å². The van der Waals surface area contributed by atoms with Crippen LogP contribution in [0.25, 0.3) is 11.3 Å². The number of carboxylic acids is 1. The summed E-state index contributed by atoms with van der Waals surface area (Å²) < 4.78 is 22.8. The molecule has 9 heteroatoms. The zero-order valence-electron chi connectivity index (χ0n) is 14.9. The third-order valence-electron chi connectivity index (χ3n) is 4.59. The molecule has 4 N–H and O–H groups in total. The van der Waals surface area contributed by atoms with Crippen molar-refractivity contribution in [1.82, 2.24) is 10.2 Å². The lowest BCUT2D eigenvalue weighted by atomic mass is 9.80. The van der Waals surface area contributed by atoms with Gasteiger partial charge >= 0.3 is 5.97 Å². The van der Waals surface area contributed by atoms with Gasteiger partial charge in [-0.15, -0.1) is 0 Å². The third-order valence-corrected chi connectivity index (χ3v) is 5.88. The Kier molecular flexibility index (Phi) is 5.29. The number of nitrogens with one attached hydrogen (secondary N) is 1. The summed E-state index contributed by atoms with van der Waals surface area (Å²) in [6, 6.07) is 14.9. The quantitative estimate of drug-likeness (QED) is 0.566. The number of rotatable bonds is 6. The molecule has 146 valence electrons. The van der Waals surface area contributed by atoms with Crippen molar-refractivity contribution in [2.75, 3.05) is 0 Å². The van der Waals surface area contributed by atoms with Crippen LogP contribution in [-0.4, -0.2) is 29.7 Å². The molecule has 0 aliphatic rings. The van der Waals surface area contributed by atoms with Gasteiger partial charge in [0, 0.05) is 5.56 Å². The third kappa shape index (κ3) is 3.80. The first-order valence-corrected chi connectivity index (χ1v) is 10.2. The standard InChI is InChI=1S/C19H18ClN3O4S/c1-19(18(24)25,11-12-7-9-14(10-8-12)28(21,26)27)17-15(20)16(22-23-17)13-5-3-2-4-6-13/h2-10H,11H2,1H3,(H,22,23)(H,24,25)(H2,21,26,27). The van der Waals surface area contributed by atoms with E-state index in [2.05, 4.69) is 10.2 Å². The van der Waals surface area contributed by atoms with E-state index in [1.807, 2.05) is 30.3 Å². The second-order valence-electron chi connectivity index (χ2n) is 6.63. The van der Waals surface area contributed by atoms with E-state index in [-0.39, 0.29) is 22.0 Å². The lowest BCUT2D eigenvalue weighted by Gasteiger charge is -2.24. The van der Waals surface area contributed by atoms with E-state index >= 15 is 0 Å². The smallest absolute Gasteiger partial charge is 0.315 e. The number of halogens is 1. The molecule has 0 saturated carbocycles. The summed E-state index contributed by atoms with van der Waals surface area (Å²) in [5.74, 6) is -1.09. The predicted molar refractivity (Wildman–Crippen MR) is 106 cm³/mol. The fraction of sp³-hybridized carbons (Fsp3) is 0.158. The van der Waals surface area contributed by atoms with Gasteiger partial charge in [0.25, 0.3) is 0 Å².